The number of ketones is 1. The molecule has 0 fully saturated rings. The molecule has 0 spiro atoms. The van der Waals surface area contributed by atoms with Crippen molar-refractivity contribution in [2.45, 2.75) is 46.1 Å². The normalized spacial score (nSPS) is 15.4. The molecule has 1 aliphatic carbocycles. The average Bonchev–Trinajstić information content (AvgIpc) is 2.63. The van der Waals surface area contributed by atoms with Crippen molar-refractivity contribution < 1.29 is 4.79 Å². The molecule has 0 aliphatic heterocycles. The minimum Gasteiger partial charge on any atom is -0.346 e. The molecule has 0 saturated carbocycles. The molecule has 2 rings (SSSR count). The van der Waals surface area contributed by atoms with Gasteiger partial charge in [-0.3, -0.25) is 4.79 Å². The van der Waals surface area contributed by atoms with Crippen molar-refractivity contribution in [3.63, 3.8) is 0 Å². The highest BCUT2D eigenvalue weighted by Crippen LogP contribution is 2.32. The Morgan fingerprint density at radius 3 is 2.75 bits per heavy atom. The lowest BCUT2D eigenvalue weighted by molar-refractivity contribution is 0.0976. The molecule has 3 nitrogen and oxygen atoms in total. The molecule has 0 saturated heterocycles. The van der Waals surface area contributed by atoms with Crippen molar-refractivity contribution in [3.05, 3.63) is 10.6 Å². The predicted octanol–water partition coefficient (Wildman–Crippen LogP) is 2.90. The molecule has 1 aromatic rings. The van der Waals surface area contributed by atoms with Gasteiger partial charge in [0.2, 0.25) is 0 Å². The van der Waals surface area contributed by atoms with Gasteiger partial charge < -0.3 is 4.90 Å². The Morgan fingerprint density at radius 2 is 2.19 bits per heavy atom. The van der Waals surface area contributed by atoms with Crippen LogP contribution >= 0.6 is 11.3 Å². The molecule has 0 amide bonds. The second-order valence-corrected chi connectivity index (χ2v) is 5.41. The molecule has 1 aromatic heterocycles. The quantitative estimate of drug-likeness (QED) is 0.812. The predicted molar refractivity (Wildman–Crippen MR) is 67.5 cm³/mol. The standard InChI is InChI=1S/C12H18N2OS/c1-4-14(8(2)3)12-13-9-6-5-7-10(15)11(9)16-12/h8H,4-7H2,1-3H3. The van der Waals surface area contributed by atoms with Gasteiger partial charge in [0, 0.05) is 19.0 Å². The summed E-state index contributed by atoms with van der Waals surface area (Å²) in [6, 6.07) is 0.438. The van der Waals surface area contributed by atoms with Crippen molar-refractivity contribution in [1.82, 2.24) is 4.98 Å². The van der Waals surface area contributed by atoms with E-state index in [2.05, 4.69) is 30.7 Å². The second-order valence-electron chi connectivity index (χ2n) is 4.43. The number of anilines is 1. The Kier molecular flexibility index (Phi) is 3.28. The number of aryl methyl sites for hydroxylation is 1. The van der Waals surface area contributed by atoms with E-state index in [1.807, 2.05) is 0 Å². The van der Waals surface area contributed by atoms with Gasteiger partial charge in [0.15, 0.2) is 10.9 Å². The summed E-state index contributed by atoms with van der Waals surface area (Å²) in [4.78, 5) is 19.5. The van der Waals surface area contributed by atoms with E-state index in [-0.39, 0.29) is 5.78 Å². The number of hydrogen-bond acceptors (Lipinski definition) is 4. The third kappa shape index (κ3) is 1.98. The van der Waals surface area contributed by atoms with Crippen LogP contribution in [0.15, 0.2) is 0 Å². The van der Waals surface area contributed by atoms with Crippen molar-refractivity contribution in [3.8, 4) is 0 Å². The summed E-state index contributed by atoms with van der Waals surface area (Å²) < 4.78 is 0. The maximum Gasteiger partial charge on any atom is 0.186 e. The van der Waals surface area contributed by atoms with Gasteiger partial charge in [-0.1, -0.05) is 11.3 Å². The molecular weight excluding hydrogens is 220 g/mol. The molecular formula is C12H18N2OS. The van der Waals surface area contributed by atoms with Crippen molar-refractivity contribution in [2.24, 2.45) is 0 Å². The fraction of sp³-hybridized carbons (Fsp3) is 0.667. The van der Waals surface area contributed by atoms with E-state index in [4.69, 9.17) is 0 Å². The number of aromatic nitrogens is 1. The maximum atomic E-state index is 11.7. The zero-order chi connectivity index (χ0) is 11.7. The van der Waals surface area contributed by atoms with Crippen LogP contribution in [0.25, 0.3) is 0 Å². The van der Waals surface area contributed by atoms with E-state index in [1.165, 1.54) is 0 Å². The highest BCUT2D eigenvalue weighted by molar-refractivity contribution is 7.17. The molecule has 0 aromatic carbocycles. The number of hydrogen-bond donors (Lipinski definition) is 0. The third-order valence-electron chi connectivity index (χ3n) is 2.97. The van der Waals surface area contributed by atoms with E-state index in [1.54, 1.807) is 11.3 Å². The molecule has 0 radical (unpaired) electrons. The number of rotatable bonds is 3. The van der Waals surface area contributed by atoms with E-state index < -0.39 is 0 Å². The number of carbonyl (C=O) groups is 1. The summed E-state index contributed by atoms with van der Waals surface area (Å²) in [5.41, 5.74) is 1.02. The summed E-state index contributed by atoms with van der Waals surface area (Å²) in [6.45, 7) is 7.39. The first-order chi connectivity index (χ1) is 7.63. The lowest BCUT2D eigenvalue weighted by Crippen LogP contribution is -2.30. The van der Waals surface area contributed by atoms with Crippen LogP contribution in [-0.4, -0.2) is 23.4 Å². The number of Topliss-reactive ketones (excluding diaryl/α,β-unsaturated/α-hetero) is 1. The molecule has 4 heteroatoms. The smallest absolute Gasteiger partial charge is 0.186 e. The first kappa shape index (κ1) is 11.6. The molecule has 0 atom stereocenters. The van der Waals surface area contributed by atoms with Gasteiger partial charge in [-0.25, -0.2) is 4.98 Å². The van der Waals surface area contributed by atoms with Crippen molar-refractivity contribution in [2.75, 3.05) is 11.4 Å². The molecule has 16 heavy (non-hydrogen) atoms. The summed E-state index contributed by atoms with van der Waals surface area (Å²) >= 11 is 1.57. The van der Waals surface area contributed by atoms with Gasteiger partial charge in [0.25, 0.3) is 0 Å². The Bertz CT molecular complexity index is 398. The highest BCUT2D eigenvalue weighted by atomic mass is 32.1. The summed E-state index contributed by atoms with van der Waals surface area (Å²) in [5, 5.41) is 1.01. The third-order valence-corrected chi connectivity index (χ3v) is 4.14. The van der Waals surface area contributed by atoms with Crippen LogP contribution in [0, 0.1) is 0 Å². The summed E-state index contributed by atoms with van der Waals surface area (Å²) in [5.74, 6) is 0.282. The Balaban J connectivity index is 2.33. The number of fused-ring (bicyclic) bond motifs is 1. The van der Waals surface area contributed by atoms with Crippen molar-refractivity contribution >= 4 is 22.3 Å². The van der Waals surface area contributed by atoms with E-state index in [0.717, 1.165) is 35.1 Å². The minimum absolute atomic E-state index is 0.282. The highest BCUT2D eigenvalue weighted by Gasteiger charge is 2.24. The van der Waals surface area contributed by atoms with Gasteiger partial charge in [0.1, 0.15) is 0 Å². The molecule has 0 N–H and O–H groups in total. The Morgan fingerprint density at radius 1 is 1.44 bits per heavy atom. The van der Waals surface area contributed by atoms with Crippen molar-refractivity contribution in [1.29, 1.82) is 0 Å². The number of nitrogens with zero attached hydrogens (tertiary/aromatic N) is 2. The van der Waals surface area contributed by atoms with Gasteiger partial charge in [-0.05, 0) is 33.6 Å². The lowest BCUT2D eigenvalue weighted by Gasteiger charge is -2.23. The van der Waals surface area contributed by atoms with Crippen LogP contribution in [0.5, 0.6) is 0 Å². The van der Waals surface area contributed by atoms with Crippen LogP contribution in [-0.2, 0) is 6.42 Å². The van der Waals surface area contributed by atoms with Gasteiger partial charge >= 0.3 is 0 Å². The summed E-state index contributed by atoms with van der Waals surface area (Å²) in [6.07, 6.45) is 2.62. The molecule has 1 heterocycles. The zero-order valence-electron chi connectivity index (χ0n) is 10.1. The van der Waals surface area contributed by atoms with Gasteiger partial charge in [-0.15, -0.1) is 0 Å². The zero-order valence-corrected chi connectivity index (χ0v) is 10.9. The first-order valence-electron chi connectivity index (χ1n) is 5.93. The minimum atomic E-state index is 0.282. The first-order valence-corrected chi connectivity index (χ1v) is 6.74. The number of carbonyl (C=O) groups excluding carboxylic acids is 1. The van der Waals surface area contributed by atoms with Crippen LogP contribution < -0.4 is 4.90 Å². The SMILES string of the molecule is CCN(c1nc2c(s1)C(=O)CCC2)C(C)C. The monoisotopic (exact) mass is 238 g/mol. The molecule has 0 unspecified atom stereocenters. The van der Waals surface area contributed by atoms with Crippen LogP contribution in [0.3, 0.4) is 0 Å². The summed E-state index contributed by atoms with van der Waals surface area (Å²) in [7, 11) is 0. The topological polar surface area (TPSA) is 33.2 Å². The van der Waals surface area contributed by atoms with Crippen LogP contribution in [0.1, 0.15) is 49.0 Å². The number of thiazole rings is 1. The molecule has 0 bridgehead atoms. The fourth-order valence-electron chi connectivity index (χ4n) is 2.10. The maximum absolute atomic E-state index is 11.7. The van der Waals surface area contributed by atoms with Gasteiger partial charge in [0.05, 0.1) is 10.6 Å². The van der Waals surface area contributed by atoms with Crippen LogP contribution in [0.2, 0.25) is 0 Å². The van der Waals surface area contributed by atoms with E-state index in [0.29, 0.717) is 12.5 Å². The van der Waals surface area contributed by atoms with Gasteiger partial charge in [-0.2, -0.15) is 0 Å². The average molecular weight is 238 g/mol. The largest absolute Gasteiger partial charge is 0.346 e. The molecule has 1 aliphatic rings. The fourth-order valence-corrected chi connectivity index (χ4v) is 3.38. The van der Waals surface area contributed by atoms with Crippen LogP contribution in [0.4, 0.5) is 5.13 Å². The molecule has 88 valence electrons. The lowest BCUT2D eigenvalue weighted by atomic mass is 10.0. The van der Waals surface area contributed by atoms with E-state index in [9.17, 15) is 4.79 Å². The Labute approximate surface area is 100 Å². The second kappa shape index (κ2) is 4.53. The van der Waals surface area contributed by atoms with E-state index >= 15 is 0 Å². The Hall–Kier alpha value is -0.900.